The predicted octanol–water partition coefficient (Wildman–Crippen LogP) is 2.88. The molecule has 16 heavy (non-hydrogen) atoms. The van der Waals surface area contributed by atoms with Crippen LogP contribution in [-0.2, 0) is 0 Å². The average Bonchev–Trinajstić information content (AvgIpc) is 2.38. The lowest BCUT2D eigenvalue weighted by Gasteiger charge is -2.40. The molecule has 2 heteroatoms. The summed E-state index contributed by atoms with van der Waals surface area (Å²) in [7, 11) is 0. The van der Waals surface area contributed by atoms with Gasteiger partial charge in [-0.2, -0.15) is 0 Å². The topological polar surface area (TPSA) is 15.3 Å². The lowest BCUT2D eigenvalue weighted by Crippen LogP contribution is -2.50. The standard InChI is InChI=1S/C14H30N2/c1-11(2)16(13(3,4)5)9-12-8-14(6,7)10-15-12/h11-12,15H,8-10H2,1-7H3. The van der Waals surface area contributed by atoms with Crippen LogP contribution in [0.15, 0.2) is 0 Å². The lowest BCUT2D eigenvalue weighted by molar-refractivity contribution is 0.0873. The van der Waals surface area contributed by atoms with E-state index in [4.69, 9.17) is 0 Å². The molecule has 1 atom stereocenters. The Morgan fingerprint density at radius 1 is 1.31 bits per heavy atom. The Morgan fingerprint density at radius 3 is 2.19 bits per heavy atom. The summed E-state index contributed by atoms with van der Waals surface area (Å²) >= 11 is 0. The first kappa shape index (κ1) is 14.0. The molecule has 96 valence electrons. The van der Waals surface area contributed by atoms with Gasteiger partial charge in [-0.1, -0.05) is 13.8 Å². The molecule has 0 spiro atoms. The molecule has 0 aromatic carbocycles. The van der Waals surface area contributed by atoms with E-state index >= 15 is 0 Å². The Labute approximate surface area is 102 Å². The average molecular weight is 226 g/mol. The van der Waals surface area contributed by atoms with Gasteiger partial charge in [-0.25, -0.2) is 0 Å². The van der Waals surface area contributed by atoms with Crippen molar-refractivity contribution in [1.82, 2.24) is 10.2 Å². The van der Waals surface area contributed by atoms with Gasteiger partial charge in [-0.05, 0) is 46.5 Å². The number of rotatable bonds is 3. The van der Waals surface area contributed by atoms with E-state index in [1.54, 1.807) is 0 Å². The van der Waals surface area contributed by atoms with Crippen LogP contribution < -0.4 is 5.32 Å². The van der Waals surface area contributed by atoms with Crippen LogP contribution in [0, 0.1) is 5.41 Å². The number of hydrogen-bond donors (Lipinski definition) is 1. The second-order valence-corrected chi connectivity index (χ2v) is 7.36. The lowest BCUT2D eigenvalue weighted by atomic mass is 9.90. The molecule has 1 fully saturated rings. The summed E-state index contributed by atoms with van der Waals surface area (Å²) < 4.78 is 0. The number of hydrogen-bond acceptors (Lipinski definition) is 2. The van der Waals surface area contributed by atoms with Crippen molar-refractivity contribution in [3.05, 3.63) is 0 Å². The van der Waals surface area contributed by atoms with E-state index in [-0.39, 0.29) is 5.54 Å². The van der Waals surface area contributed by atoms with E-state index in [0.29, 0.717) is 17.5 Å². The fourth-order valence-electron chi connectivity index (χ4n) is 2.86. The molecule has 0 aromatic rings. The van der Waals surface area contributed by atoms with Gasteiger partial charge >= 0.3 is 0 Å². The zero-order valence-corrected chi connectivity index (χ0v) is 12.2. The molecular weight excluding hydrogens is 196 g/mol. The van der Waals surface area contributed by atoms with Crippen LogP contribution in [0.2, 0.25) is 0 Å². The first-order chi connectivity index (χ1) is 7.12. The summed E-state index contributed by atoms with van der Waals surface area (Å²) in [6.07, 6.45) is 1.30. The van der Waals surface area contributed by atoms with Crippen LogP contribution in [0.4, 0.5) is 0 Å². The van der Waals surface area contributed by atoms with Gasteiger partial charge in [0.1, 0.15) is 0 Å². The van der Waals surface area contributed by atoms with Gasteiger partial charge in [0.2, 0.25) is 0 Å². The molecule has 1 aliphatic rings. The second kappa shape index (κ2) is 4.66. The molecule has 1 N–H and O–H groups in total. The van der Waals surface area contributed by atoms with E-state index < -0.39 is 0 Å². The van der Waals surface area contributed by atoms with E-state index in [0.717, 1.165) is 6.54 Å². The Bertz CT molecular complexity index is 225. The van der Waals surface area contributed by atoms with Crippen LogP contribution >= 0.6 is 0 Å². The van der Waals surface area contributed by atoms with Crippen molar-refractivity contribution in [2.75, 3.05) is 13.1 Å². The first-order valence-corrected chi connectivity index (χ1v) is 6.62. The van der Waals surface area contributed by atoms with E-state index in [1.807, 2.05) is 0 Å². The third-order valence-electron chi connectivity index (χ3n) is 3.57. The van der Waals surface area contributed by atoms with Crippen molar-refractivity contribution in [2.45, 2.75) is 72.5 Å². The summed E-state index contributed by atoms with van der Waals surface area (Å²) in [4.78, 5) is 2.60. The van der Waals surface area contributed by atoms with Gasteiger partial charge < -0.3 is 5.32 Å². The minimum absolute atomic E-state index is 0.266. The van der Waals surface area contributed by atoms with Crippen molar-refractivity contribution < 1.29 is 0 Å². The summed E-state index contributed by atoms with van der Waals surface area (Å²) in [5, 5.41) is 3.66. The Hall–Kier alpha value is -0.0800. The SMILES string of the molecule is CC(C)N(CC1CC(C)(C)CN1)C(C)(C)C. The van der Waals surface area contributed by atoms with Crippen LogP contribution in [0.5, 0.6) is 0 Å². The Balaban J connectivity index is 2.58. The molecule has 0 saturated carbocycles. The minimum atomic E-state index is 0.266. The van der Waals surface area contributed by atoms with Gasteiger partial charge in [0.25, 0.3) is 0 Å². The fraction of sp³-hybridized carbons (Fsp3) is 1.00. The van der Waals surface area contributed by atoms with Crippen molar-refractivity contribution >= 4 is 0 Å². The van der Waals surface area contributed by atoms with Crippen molar-refractivity contribution in [3.63, 3.8) is 0 Å². The summed E-state index contributed by atoms with van der Waals surface area (Å²) in [5.74, 6) is 0. The first-order valence-electron chi connectivity index (χ1n) is 6.62. The second-order valence-electron chi connectivity index (χ2n) is 7.36. The third-order valence-corrected chi connectivity index (χ3v) is 3.57. The van der Waals surface area contributed by atoms with Gasteiger partial charge in [0, 0.05) is 30.7 Å². The highest BCUT2D eigenvalue weighted by atomic mass is 15.2. The molecule has 0 radical (unpaired) electrons. The third kappa shape index (κ3) is 3.74. The maximum Gasteiger partial charge on any atom is 0.0201 e. The van der Waals surface area contributed by atoms with Crippen LogP contribution in [0.25, 0.3) is 0 Å². The quantitative estimate of drug-likeness (QED) is 0.796. The fourth-order valence-corrected chi connectivity index (χ4v) is 2.86. The van der Waals surface area contributed by atoms with E-state index in [2.05, 4.69) is 58.7 Å². The van der Waals surface area contributed by atoms with Crippen LogP contribution in [0.3, 0.4) is 0 Å². The summed E-state index contributed by atoms with van der Waals surface area (Å²) in [6, 6.07) is 1.28. The molecule has 0 bridgehead atoms. The molecule has 1 rings (SSSR count). The van der Waals surface area contributed by atoms with Gasteiger partial charge in [-0.15, -0.1) is 0 Å². The highest BCUT2D eigenvalue weighted by Crippen LogP contribution is 2.29. The molecule has 1 saturated heterocycles. The maximum absolute atomic E-state index is 3.66. The van der Waals surface area contributed by atoms with Crippen LogP contribution in [-0.4, -0.2) is 35.6 Å². The Kier molecular flexibility index (Phi) is 4.07. The van der Waals surface area contributed by atoms with Gasteiger partial charge in [0.05, 0.1) is 0 Å². The molecule has 0 aromatic heterocycles. The molecule has 1 unspecified atom stereocenters. The van der Waals surface area contributed by atoms with Crippen molar-refractivity contribution in [1.29, 1.82) is 0 Å². The molecule has 0 aliphatic carbocycles. The van der Waals surface area contributed by atoms with Crippen molar-refractivity contribution in [3.8, 4) is 0 Å². The summed E-state index contributed by atoms with van der Waals surface area (Å²) in [5.41, 5.74) is 0.744. The molecule has 1 heterocycles. The number of nitrogens with zero attached hydrogens (tertiary/aromatic N) is 1. The summed E-state index contributed by atoms with van der Waals surface area (Å²) in [6.45, 7) is 18.6. The van der Waals surface area contributed by atoms with Crippen molar-refractivity contribution in [2.24, 2.45) is 5.41 Å². The number of nitrogens with one attached hydrogen (secondary N) is 1. The zero-order chi connectivity index (χ0) is 12.6. The minimum Gasteiger partial charge on any atom is -0.312 e. The van der Waals surface area contributed by atoms with Crippen LogP contribution in [0.1, 0.15) is 54.9 Å². The largest absolute Gasteiger partial charge is 0.312 e. The Morgan fingerprint density at radius 2 is 1.88 bits per heavy atom. The monoisotopic (exact) mass is 226 g/mol. The van der Waals surface area contributed by atoms with E-state index in [9.17, 15) is 0 Å². The zero-order valence-electron chi connectivity index (χ0n) is 12.2. The molecule has 2 nitrogen and oxygen atoms in total. The van der Waals surface area contributed by atoms with E-state index in [1.165, 1.54) is 13.0 Å². The molecular formula is C14H30N2. The smallest absolute Gasteiger partial charge is 0.0201 e. The highest BCUT2D eigenvalue weighted by Gasteiger charge is 2.34. The highest BCUT2D eigenvalue weighted by molar-refractivity contribution is 4.92. The molecule has 0 amide bonds. The van der Waals surface area contributed by atoms with Gasteiger partial charge in [0.15, 0.2) is 0 Å². The van der Waals surface area contributed by atoms with Gasteiger partial charge in [-0.3, -0.25) is 4.90 Å². The molecule has 1 aliphatic heterocycles. The maximum atomic E-state index is 3.66. The normalized spacial score (nSPS) is 25.7. The predicted molar refractivity (Wildman–Crippen MR) is 71.8 cm³/mol.